The average molecular weight is 360 g/mol. The molecule has 1 amide bonds. The molecule has 3 rings (SSSR count). The number of amides is 1. The van der Waals surface area contributed by atoms with Gasteiger partial charge in [0, 0.05) is 57.2 Å². The van der Waals surface area contributed by atoms with Crippen molar-refractivity contribution in [3.05, 3.63) is 35.9 Å². The Balaban J connectivity index is 1.49. The molecule has 1 aliphatic rings. The molecule has 9 heteroatoms. The fraction of sp³-hybridized carbons (Fsp3) is 0.529. The predicted octanol–water partition coefficient (Wildman–Crippen LogP) is 0.532. The lowest BCUT2D eigenvalue weighted by Crippen LogP contribution is -2.48. The summed E-state index contributed by atoms with van der Waals surface area (Å²) in [5, 5.41) is 17.1. The summed E-state index contributed by atoms with van der Waals surface area (Å²) >= 11 is 0. The third-order valence-electron chi connectivity index (χ3n) is 4.51. The number of aromatic nitrogens is 4. The molecule has 0 spiro atoms. The van der Waals surface area contributed by atoms with Crippen LogP contribution in [0, 0.1) is 0 Å². The molecular formula is C17H24N6O3. The summed E-state index contributed by atoms with van der Waals surface area (Å²) in [5.74, 6) is -0.931. The van der Waals surface area contributed by atoms with Crippen molar-refractivity contribution in [2.24, 2.45) is 0 Å². The van der Waals surface area contributed by atoms with Crippen LogP contribution >= 0.6 is 0 Å². The number of aryl methyl sites for hydroxylation is 2. The zero-order valence-corrected chi connectivity index (χ0v) is 14.9. The van der Waals surface area contributed by atoms with Crippen LogP contribution < -0.4 is 0 Å². The number of hydrogen-bond acceptors (Lipinski definition) is 5. The van der Waals surface area contributed by atoms with Gasteiger partial charge in [0.15, 0.2) is 0 Å². The van der Waals surface area contributed by atoms with Gasteiger partial charge in [0.2, 0.25) is 0 Å². The van der Waals surface area contributed by atoms with Gasteiger partial charge in [-0.1, -0.05) is 0 Å². The fourth-order valence-corrected chi connectivity index (χ4v) is 3.02. The van der Waals surface area contributed by atoms with E-state index in [0.29, 0.717) is 18.7 Å². The molecule has 1 aliphatic heterocycles. The Bertz CT molecular complexity index is 760. The number of carbonyl (C=O) groups excluding carboxylic acids is 1. The van der Waals surface area contributed by atoms with Gasteiger partial charge in [-0.15, -0.1) is 0 Å². The number of carboxylic acid groups (broad SMARTS) is 1. The molecule has 1 fully saturated rings. The molecule has 2 aromatic heterocycles. The van der Waals surface area contributed by atoms with E-state index in [1.165, 1.54) is 16.4 Å². The minimum atomic E-state index is -0.881. The van der Waals surface area contributed by atoms with Crippen LogP contribution in [0.1, 0.15) is 29.3 Å². The summed E-state index contributed by atoms with van der Waals surface area (Å²) in [6, 6.07) is 0. The molecule has 2 aromatic rings. The summed E-state index contributed by atoms with van der Waals surface area (Å²) < 4.78 is 3.42. The van der Waals surface area contributed by atoms with Gasteiger partial charge in [0.05, 0.1) is 30.9 Å². The molecule has 9 nitrogen and oxygen atoms in total. The first-order valence-electron chi connectivity index (χ1n) is 8.82. The molecule has 0 saturated carbocycles. The van der Waals surface area contributed by atoms with Crippen molar-refractivity contribution < 1.29 is 14.7 Å². The van der Waals surface area contributed by atoms with E-state index in [1.807, 2.05) is 15.8 Å². The minimum absolute atomic E-state index is 0.0113. The first kappa shape index (κ1) is 18.1. The van der Waals surface area contributed by atoms with Crippen molar-refractivity contribution in [3.8, 4) is 0 Å². The zero-order chi connectivity index (χ0) is 18.5. The highest BCUT2D eigenvalue weighted by Gasteiger charge is 2.23. The number of carboxylic acids is 1. The van der Waals surface area contributed by atoms with Gasteiger partial charge in [-0.05, 0) is 6.92 Å². The Hall–Kier alpha value is -2.68. The number of hydrogen-bond donors (Lipinski definition) is 1. The van der Waals surface area contributed by atoms with Gasteiger partial charge in [-0.2, -0.15) is 10.2 Å². The van der Waals surface area contributed by atoms with Crippen molar-refractivity contribution in [3.63, 3.8) is 0 Å². The highest BCUT2D eigenvalue weighted by Crippen LogP contribution is 2.11. The molecule has 0 radical (unpaired) electrons. The van der Waals surface area contributed by atoms with Crippen LogP contribution in [0.5, 0.6) is 0 Å². The van der Waals surface area contributed by atoms with Crippen LogP contribution in [0.25, 0.3) is 0 Å². The molecule has 1 saturated heterocycles. The maximum Gasteiger partial charge on any atom is 0.305 e. The lowest BCUT2D eigenvalue weighted by Gasteiger charge is -2.34. The average Bonchev–Trinajstić information content (AvgIpc) is 3.29. The van der Waals surface area contributed by atoms with Crippen LogP contribution in [0.4, 0.5) is 0 Å². The summed E-state index contributed by atoms with van der Waals surface area (Å²) in [7, 11) is 0. The van der Waals surface area contributed by atoms with Gasteiger partial charge in [-0.25, -0.2) is 0 Å². The maximum atomic E-state index is 12.6. The quantitative estimate of drug-likeness (QED) is 0.774. The third kappa shape index (κ3) is 4.48. The largest absolute Gasteiger partial charge is 0.481 e. The molecule has 1 N–H and O–H groups in total. The molecule has 0 unspecified atom stereocenters. The Labute approximate surface area is 151 Å². The molecular weight excluding hydrogens is 336 g/mol. The molecule has 0 bridgehead atoms. The first-order chi connectivity index (χ1) is 12.5. The van der Waals surface area contributed by atoms with E-state index in [0.717, 1.165) is 26.2 Å². The van der Waals surface area contributed by atoms with E-state index in [2.05, 4.69) is 28.2 Å². The number of rotatable bonds is 7. The summed E-state index contributed by atoms with van der Waals surface area (Å²) in [4.78, 5) is 27.3. The first-order valence-corrected chi connectivity index (χ1v) is 8.82. The van der Waals surface area contributed by atoms with Crippen LogP contribution in [0.3, 0.4) is 0 Å². The van der Waals surface area contributed by atoms with Gasteiger partial charge < -0.3 is 10.0 Å². The number of piperazine rings is 1. The fourth-order valence-electron chi connectivity index (χ4n) is 3.02. The van der Waals surface area contributed by atoms with Crippen molar-refractivity contribution in [1.29, 1.82) is 0 Å². The lowest BCUT2D eigenvalue weighted by molar-refractivity contribution is -0.137. The second kappa shape index (κ2) is 8.13. The topological polar surface area (TPSA) is 96.5 Å². The lowest BCUT2D eigenvalue weighted by atomic mass is 10.2. The van der Waals surface area contributed by atoms with E-state index in [1.54, 1.807) is 6.20 Å². The number of carbonyl (C=O) groups is 2. The highest BCUT2D eigenvalue weighted by molar-refractivity contribution is 5.93. The van der Waals surface area contributed by atoms with Crippen molar-refractivity contribution in [1.82, 2.24) is 29.4 Å². The summed E-state index contributed by atoms with van der Waals surface area (Å²) in [6.07, 6.45) is 7.07. The van der Waals surface area contributed by atoms with Crippen LogP contribution in [0.2, 0.25) is 0 Å². The standard InChI is InChI=1S/C17H24N6O3/c1-2-22-12-14(9-18-22)11-20-5-7-21(8-6-20)17(26)15-10-19-23(13-15)4-3-16(24)25/h9-10,12-13H,2-8,11H2,1H3,(H,24,25). The van der Waals surface area contributed by atoms with Gasteiger partial charge in [0.25, 0.3) is 5.91 Å². The second-order valence-electron chi connectivity index (χ2n) is 6.41. The predicted molar refractivity (Wildman–Crippen MR) is 93.6 cm³/mol. The van der Waals surface area contributed by atoms with Crippen molar-refractivity contribution in [2.45, 2.75) is 33.0 Å². The molecule has 0 atom stereocenters. The van der Waals surface area contributed by atoms with Gasteiger partial charge in [-0.3, -0.25) is 23.9 Å². The normalized spacial score (nSPS) is 15.3. The van der Waals surface area contributed by atoms with E-state index in [4.69, 9.17) is 5.11 Å². The van der Waals surface area contributed by atoms with Gasteiger partial charge in [0.1, 0.15) is 0 Å². The molecule has 0 aromatic carbocycles. The smallest absolute Gasteiger partial charge is 0.305 e. The Morgan fingerprint density at radius 3 is 2.46 bits per heavy atom. The van der Waals surface area contributed by atoms with Crippen LogP contribution in [0.15, 0.2) is 24.8 Å². The van der Waals surface area contributed by atoms with Gasteiger partial charge >= 0.3 is 5.97 Å². The second-order valence-corrected chi connectivity index (χ2v) is 6.41. The third-order valence-corrected chi connectivity index (χ3v) is 4.51. The maximum absolute atomic E-state index is 12.6. The molecule has 3 heterocycles. The summed E-state index contributed by atoms with van der Waals surface area (Å²) in [6.45, 7) is 7.00. The molecule has 26 heavy (non-hydrogen) atoms. The van der Waals surface area contributed by atoms with E-state index >= 15 is 0 Å². The SMILES string of the molecule is CCn1cc(CN2CCN(C(=O)c3cnn(CCC(=O)O)c3)CC2)cn1. The zero-order valence-electron chi connectivity index (χ0n) is 14.9. The monoisotopic (exact) mass is 360 g/mol. The Morgan fingerprint density at radius 1 is 1.08 bits per heavy atom. The van der Waals surface area contributed by atoms with E-state index < -0.39 is 5.97 Å². The highest BCUT2D eigenvalue weighted by atomic mass is 16.4. The van der Waals surface area contributed by atoms with E-state index in [9.17, 15) is 9.59 Å². The number of nitrogens with zero attached hydrogens (tertiary/aromatic N) is 6. The molecule has 0 aliphatic carbocycles. The Morgan fingerprint density at radius 2 is 1.81 bits per heavy atom. The van der Waals surface area contributed by atoms with Crippen LogP contribution in [-0.4, -0.2) is 72.5 Å². The molecule has 140 valence electrons. The number of aliphatic carboxylic acids is 1. The summed E-state index contributed by atoms with van der Waals surface area (Å²) in [5.41, 5.74) is 1.69. The van der Waals surface area contributed by atoms with Crippen molar-refractivity contribution >= 4 is 11.9 Å². The Kier molecular flexibility index (Phi) is 5.67. The van der Waals surface area contributed by atoms with E-state index in [-0.39, 0.29) is 18.9 Å². The van der Waals surface area contributed by atoms with Crippen molar-refractivity contribution in [2.75, 3.05) is 26.2 Å². The minimum Gasteiger partial charge on any atom is -0.481 e. The van der Waals surface area contributed by atoms with Crippen LogP contribution in [-0.2, 0) is 24.4 Å².